The monoisotopic (exact) mass is 242 g/mol. The third kappa shape index (κ3) is 7.86. The summed E-state index contributed by atoms with van der Waals surface area (Å²) in [5.41, 5.74) is 0. The number of hydrogen-bond donors (Lipinski definition) is 1. The fourth-order valence-electron chi connectivity index (χ4n) is 1.82. The van der Waals surface area contributed by atoms with E-state index in [9.17, 15) is 0 Å². The van der Waals surface area contributed by atoms with Gasteiger partial charge in [0, 0.05) is 13.1 Å². The number of nitrogens with one attached hydrogen (secondary N) is 1. The second-order valence-corrected chi connectivity index (χ2v) is 4.16. The van der Waals surface area contributed by atoms with E-state index in [2.05, 4.69) is 24.3 Å². The summed E-state index contributed by atoms with van der Waals surface area (Å²) in [5, 5.41) is 3.52. The van der Waals surface area contributed by atoms with Crippen molar-refractivity contribution in [1.29, 1.82) is 0 Å². The molecule has 88 valence electrons. The zero-order chi connectivity index (χ0) is 8.81. The van der Waals surface area contributed by atoms with E-state index in [0.717, 1.165) is 19.0 Å². The Hall–Kier alpha value is 0.500. The van der Waals surface area contributed by atoms with Gasteiger partial charge in [-0.25, -0.2) is 0 Å². The Balaban J connectivity index is 0. The van der Waals surface area contributed by atoms with Crippen LogP contribution in [0.1, 0.15) is 25.7 Å². The fourth-order valence-corrected chi connectivity index (χ4v) is 1.82. The highest BCUT2D eigenvalue weighted by Gasteiger charge is 2.13. The van der Waals surface area contributed by atoms with Crippen molar-refractivity contribution in [3.63, 3.8) is 0 Å². The minimum absolute atomic E-state index is 0. The van der Waals surface area contributed by atoms with Gasteiger partial charge in [0.2, 0.25) is 0 Å². The van der Waals surface area contributed by atoms with Crippen molar-refractivity contribution in [3.8, 4) is 0 Å². The number of nitrogens with zero attached hydrogens (tertiary/aromatic N) is 1. The van der Waals surface area contributed by atoms with Gasteiger partial charge in [0.25, 0.3) is 0 Å². The molecule has 4 heteroatoms. The lowest BCUT2D eigenvalue weighted by atomic mass is 10.1. The molecule has 1 saturated carbocycles. The van der Waals surface area contributed by atoms with Crippen molar-refractivity contribution in [1.82, 2.24) is 10.2 Å². The molecule has 0 amide bonds. The van der Waals surface area contributed by atoms with Crippen molar-refractivity contribution in [2.75, 3.05) is 33.7 Å². The number of halogens is 2. The van der Waals surface area contributed by atoms with E-state index in [4.69, 9.17) is 0 Å². The molecule has 1 N–H and O–H groups in total. The van der Waals surface area contributed by atoms with E-state index in [-0.39, 0.29) is 24.8 Å². The molecular formula is C10H24Cl2N2. The van der Waals surface area contributed by atoms with E-state index in [0.29, 0.717) is 0 Å². The van der Waals surface area contributed by atoms with Gasteiger partial charge in [0.1, 0.15) is 0 Å². The molecule has 0 radical (unpaired) electrons. The summed E-state index contributed by atoms with van der Waals surface area (Å²) in [4.78, 5) is 2.22. The first kappa shape index (κ1) is 16.9. The molecule has 14 heavy (non-hydrogen) atoms. The molecule has 0 aromatic carbocycles. The van der Waals surface area contributed by atoms with Crippen molar-refractivity contribution in [2.45, 2.75) is 25.7 Å². The first-order valence-corrected chi connectivity index (χ1v) is 5.14. The first-order chi connectivity index (χ1) is 5.79. The Kier molecular flexibility index (Phi) is 12.1. The molecule has 0 spiro atoms. The second-order valence-electron chi connectivity index (χ2n) is 4.16. The number of rotatable bonds is 5. The van der Waals surface area contributed by atoms with E-state index >= 15 is 0 Å². The van der Waals surface area contributed by atoms with Crippen molar-refractivity contribution < 1.29 is 0 Å². The highest BCUT2D eigenvalue weighted by atomic mass is 35.5. The number of likely N-dealkylation sites (N-methyl/N-ethyl adjacent to an activating group) is 1. The van der Waals surface area contributed by atoms with E-state index in [1.165, 1.54) is 32.2 Å². The standard InChI is InChI=1S/C10H22N2.2ClH/c1-12(2)8-7-11-9-10-5-3-4-6-10;;/h10-11H,3-9H2,1-2H3;2*1H. The maximum Gasteiger partial charge on any atom is 0.0101 e. The van der Waals surface area contributed by atoms with E-state index in [1.807, 2.05) is 0 Å². The Morgan fingerprint density at radius 3 is 2.21 bits per heavy atom. The van der Waals surface area contributed by atoms with Crippen LogP contribution in [0.2, 0.25) is 0 Å². The molecule has 1 aliphatic rings. The zero-order valence-corrected chi connectivity index (χ0v) is 10.9. The molecule has 1 aliphatic carbocycles. The maximum absolute atomic E-state index is 3.52. The van der Waals surface area contributed by atoms with Gasteiger partial charge in [-0.2, -0.15) is 0 Å². The van der Waals surface area contributed by atoms with Crippen LogP contribution in [0.4, 0.5) is 0 Å². The third-order valence-electron chi connectivity index (χ3n) is 2.64. The van der Waals surface area contributed by atoms with Crippen LogP contribution in [0, 0.1) is 5.92 Å². The predicted octanol–water partition coefficient (Wildman–Crippen LogP) is 2.17. The minimum Gasteiger partial charge on any atom is -0.315 e. The van der Waals surface area contributed by atoms with Crippen LogP contribution in [-0.2, 0) is 0 Å². The average Bonchev–Trinajstić information content (AvgIpc) is 2.49. The summed E-state index contributed by atoms with van der Waals surface area (Å²) < 4.78 is 0. The Morgan fingerprint density at radius 2 is 1.71 bits per heavy atom. The zero-order valence-electron chi connectivity index (χ0n) is 9.29. The molecule has 0 aromatic rings. The summed E-state index contributed by atoms with van der Waals surface area (Å²) in [6.45, 7) is 3.55. The molecule has 1 fully saturated rings. The summed E-state index contributed by atoms with van der Waals surface area (Å²) in [6, 6.07) is 0. The van der Waals surface area contributed by atoms with Crippen LogP contribution in [-0.4, -0.2) is 38.6 Å². The summed E-state index contributed by atoms with van der Waals surface area (Å²) in [5.74, 6) is 0.979. The molecule has 1 rings (SSSR count). The van der Waals surface area contributed by atoms with E-state index < -0.39 is 0 Å². The fraction of sp³-hybridized carbons (Fsp3) is 1.00. The van der Waals surface area contributed by atoms with Gasteiger partial charge in [-0.3, -0.25) is 0 Å². The lowest BCUT2D eigenvalue weighted by Gasteiger charge is -2.13. The lowest BCUT2D eigenvalue weighted by molar-refractivity contribution is 0.387. The van der Waals surface area contributed by atoms with E-state index in [1.54, 1.807) is 0 Å². The normalized spacial score (nSPS) is 16.5. The highest BCUT2D eigenvalue weighted by molar-refractivity contribution is 5.85. The molecule has 0 heterocycles. The molecule has 0 unspecified atom stereocenters. The molecule has 2 nitrogen and oxygen atoms in total. The Labute approximate surface area is 101 Å². The highest BCUT2D eigenvalue weighted by Crippen LogP contribution is 2.23. The summed E-state index contributed by atoms with van der Waals surface area (Å²) >= 11 is 0. The first-order valence-electron chi connectivity index (χ1n) is 5.14. The Morgan fingerprint density at radius 1 is 1.14 bits per heavy atom. The van der Waals surface area contributed by atoms with Crippen molar-refractivity contribution in [2.24, 2.45) is 5.92 Å². The van der Waals surface area contributed by atoms with Gasteiger partial charge in [-0.05, 0) is 39.4 Å². The van der Waals surface area contributed by atoms with Crippen molar-refractivity contribution >= 4 is 24.8 Å². The SMILES string of the molecule is CN(C)CCNCC1CCCC1.Cl.Cl. The van der Waals surface area contributed by atoms with Crippen molar-refractivity contribution in [3.05, 3.63) is 0 Å². The van der Waals surface area contributed by atoms with Gasteiger partial charge in [-0.1, -0.05) is 12.8 Å². The Bertz CT molecular complexity index is 115. The minimum atomic E-state index is 0. The van der Waals surface area contributed by atoms with Crippen LogP contribution in [0.3, 0.4) is 0 Å². The molecule has 0 aliphatic heterocycles. The smallest absolute Gasteiger partial charge is 0.0101 e. The molecule has 0 bridgehead atoms. The predicted molar refractivity (Wildman–Crippen MR) is 67.9 cm³/mol. The van der Waals surface area contributed by atoms with Gasteiger partial charge < -0.3 is 10.2 Å². The van der Waals surface area contributed by atoms with Gasteiger partial charge in [-0.15, -0.1) is 24.8 Å². The van der Waals surface area contributed by atoms with Crippen LogP contribution >= 0.6 is 24.8 Å². The number of hydrogen-bond acceptors (Lipinski definition) is 2. The lowest BCUT2D eigenvalue weighted by Crippen LogP contribution is -2.29. The molecular weight excluding hydrogens is 219 g/mol. The third-order valence-corrected chi connectivity index (χ3v) is 2.64. The van der Waals surface area contributed by atoms with Gasteiger partial charge >= 0.3 is 0 Å². The maximum atomic E-state index is 3.52. The summed E-state index contributed by atoms with van der Waals surface area (Å²) in [7, 11) is 4.24. The molecule has 0 aromatic heterocycles. The molecule has 0 saturated heterocycles. The largest absolute Gasteiger partial charge is 0.315 e. The molecule has 0 atom stereocenters. The second kappa shape index (κ2) is 10.0. The van der Waals surface area contributed by atoms with Crippen LogP contribution < -0.4 is 5.32 Å². The van der Waals surface area contributed by atoms with Gasteiger partial charge in [0.15, 0.2) is 0 Å². The average molecular weight is 243 g/mol. The van der Waals surface area contributed by atoms with Crippen LogP contribution in [0.5, 0.6) is 0 Å². The van der Waals surface area contributed by atoms with Crippen LogP contribution in [0.15, 0.2) is 0 Å². The summed E-state index contributed by atoms with van der Waals surface area (Å²) in [6.07, 6.45) is 5.82. The quantitative estimate of drug-likeness (QED) is 0.744. The van der Waals surface area contributed by atoms with Gasteiger partial charge in [0.05, 0.1) is 0 Å². The topological polar surface area (TPSA) is 15.3 Å². The van der Waals surface area contributed by atoms with Crippen LogP contribution in [0.25, 0.3) is 0 Å².